The van der Waals surface area contributed by atoms with Crippen molar-refractivity contribution in [1.29, 1.82) is 0 Å². The molecular weight excluding hydrogens is 242 g/mol. The second-order valence-corrected chi connectivity index (χ2v) is 4.48. The SMILES string of the molecule is CCC(/C=C/c1ccc(F)cc1)c1ccc(F)cc1. The van der Waals surface area contributed by atoms with E-state index in [2.05, 4.69) is 13.0 Å². The van der Waals surface area contributed by atoms with Crippen LogP contribution in [0.5, 0.6) is 0 Å². The number of benzene rings is 2. The lowest BCUT2D eigenvalue weighted by atomic mass is 9.95. The zero-order chi connectivity index (χ0) is 13.7. The summed E-state index contributed by atoms with van der Waals surface area (Å²) in [5.41, 5.74) is 2.05. The monoisotopic (exact) mass is 258 g/mol. The van der Waals surface area contributed by atoms with Gasteiger partial charge in [0, 0.05) is 5.92 Å². The Balaban J connectivity index is 2.14. The van der Waals surface area contributed by atoms with Gasteiger partial charge in [0.1, 0.15) is 11.6 Å². The minimum absolute atomic E-state index is 0.221. The van der Waals surface area contributed by atoms with E-state index in [-0.39, 0.29) is 17.6 Å². The molecule has 0 saturated heterocycles. The molecule has 98 valence electrons. The Morgan fingerprint density at radius 3 is 1.95 bits per heavy atom. The molecule has 0 aliphatic heterocycles. The maximum atomic E-state index is 12.9. The molecular formula is C17H16F2. The first kappa shape index (κ1) is 13.5. The predicted molar refractivity (Wildman–Crippen MR) is 74.9 cm³/mol. The summed E-state index contributed by atoms with van der Waals surface area (Å²) in [6.45, 7) is 2.09. The van der Waals surface area contributed by atoms with Crippen molar-refractivity contribution in [3.63, 3.8) is 0 Å². The third-order valence-corrected chi connectivity index (χ3v) is 3.13. The Morgan fingerprint density at radius 2 is 1.42 bits per heavy atom. The van der Waals surface area contributed by atoms with Crippen LogP contribution in [0, 0.1) is 11.6 Å². The molecule has 1 atom stereocenters. The smallest absolute Gasteiger partial charge is 0.123 e. The molecule has 0 aromatic heterocycles. The van der Waals surface area contributed by atoms with Crippen LogP contribution in [0.4, 0.5) is 8.78 Å². The molecule has 0 fully saturated rings. The van der Waals surface area contributed by atoms with Crippen LogP contribution in [0.1, 0.15) is 30.4 Å². The van der Waals surface area contributed by atoms with Gasteiger partial charge in [-0.2, -0.15) is 0 Å². The highest BCUT2D eigenvalue weighted by Gasteiger charge is 2.05. The largest absolute Gasteiger partial charge is 0.207 e. The van der Waals surface area contributed by atoms with Gasteiger partial charge in [0.05, 0.1) is 0 Å². The summed E-state index contributed by atoms with van der Waals surface area (Å²) in [5, 5.41) is 0. The van der Waals surface area contributed by atoms with Gasteiger partial charge in [0.15, 0.2) is 0 Å². The maximum absolute atomic E-state index is 12.9. The van der Waals surface area contributed by atoms with Crippen molar-refractivity contribution < 1.29 is 8.78 Å². The van der Waals surface area contributed by atoms with Gasteiger partial charge in [0.2, 0.25) is 0 Å². The van der Waals surface area contributed by atoms with Crippen LogP contribution in [0.3, 0.4) is 0 Å². The number of hydrogen-bond acceptors (Lipinski definition) is 0. The minimum atomic E-state index is -0.234. The van der Waals surface area contributed by atoms with E-state index in [1.54, 1.807) is 24.3 Å². The molecule has 0 heterocycles. The summed E-state index contributed by atoms with van der Waals surface area (Å²) >= 11 is 0. The molecule has 19 heavy (non-hydrogen) atoms. The van der Waals surface area contributed by atoms with E-state index in [0.717, 1.165) is 17.5 Å². The van der Waals surface area contributed by atoms with E-state index in [1.165, 1.54) is 24.3 Å². The van der Waals surface area contributed by atoms with Crippen LogP contribution < -0.4 is 0 Å². The summed E-state index contributed by atoms with van der Waals surface area (Å²) in [6, 6.07) is 12.9. The molecule has 2 rings (SSSR count). The molecule has 0 N–H and O–H groups in total. The molecule has 2 aromatic rings. The molecule has 0 aliphatic carbocycles. The Labute approximate surface area is 112 Å². The van der Waals surface area contributed by atoms with Crippen LogP contribution in [0.2, 0.25) is 0 Å². The number of rotatable bonds is 4. The van der Waals surface area contributed by atoms with Gasteiger partial charge in [-0.1, -0.05) is 43.3 Å². The maximum Gasteiger partial charge on any atom is 0.123 e. The standard InChI is InChI=1S/C17H16F2/c1-2-14(15-7-11-17(19)12-8-15)6-3-13-4-9-16(18)10-5-13/h3-12,14H,2H2,1H3/b6-3+. The number of halogens is 2. The Bertz CT molecular complexity index is 538. The van der Waals surface area contributed by atoms with Crippen molar-refractivity contribution in [1.82, 2.24) is 0 Å². The lowest BCUT2D eigenvalue weighted by molar-refractivity contribution is 0.626. The van der Waals surface area contributed by atoms with Crippen molar-refractivity contribution in [2.75, 3.05) is 0 Å². The third kappa shape index (κ3) is 3.75. The van der Waals surface area contributed by atoms with E-state index >= 15 is 0 Å². The summed E-state index contributed by atoms with van der Waals surface area (Å²) in [6.07, 6.45) is 4.97. The fourth-order valence-electron chi connectivity index (χ4n) is 1.99. The average molecular weight is 258 g/mol. The third-order valence-electron chi connectivity index (χ3n) is 3.13. The van der Waals surface area contributed by atoms with Crippen LogP contribution in [-0.4, -0.2) is 0 Å². The summed E-state index contributed by atoms with van der Waals surface area (Å²) in [5.74, 6) is -0.213. The zero-order valence-electron chi connectivity index (χ0n) is 10.8. The second-order valence-electron chi connectivity index (χ2n) is 4.48. The molecule has 1 unspecified atom stereocenters. The van der Waals surface area contributed by atoms with Gasteiger partial charge in [-0.15, -0.1) is 0 Å². The van der Waals surface area contributed by atoms with Crippen LogP contribution >= 0.6 is 0 Å². The molecule has 0 spiro atoms. The number of allylic oxidation sites excluding steroid dienone is 1. The lowest BCUT2D eigenvalue weighted by Crippen LogP contribution is -1.93. The Kier molecular flexibility index (Phi) is 4.45. The highest BCUT2D eigenvalue weighted by molar-refractivity contribution is 5.50. The zero-order valence-corrected chi connectivity index (χ0v) is 10.8. The van der Waals surface area contributed by atoms with E-state index in [0.29, 0.717) is 0 Å². The lowest BCUT2D eigenvalue weighted by Gasteiger charge is -2.10. The highest BCUT2D eigenvalue weighted by atomic mass is 19.1. The topological polar surface area (TPSA) is 0 Å². The van der Waals surface area contributed by atoms with Gasteiger partial charge < -0.3 is 0 Å². The summed E-state index contributed by atoms with van der Waals surface area (Å²) in [7, 11) is 0. The fourth-order valence-corrected chi connectivity index (χ4v) is 1.99. The van der Waals surface area contributed by atoms with Crippen molar-refractivity contribution in [3.05, 3.63) is 77.4 Å². The first-order valence-electron chi connectivity index (χ1n) is 6.38. The first-order chi connectivity index (χ1) is 9.19. The summed E-state index contributed by atoms with van der Waals surface area (Å²) in [4.78, 5) is 0. The van der Waals surface area contributed by atoms with Crippen LogP contribution in [-0.2, 0) is 0 Å². The molecule has 0 amide bonds. The predicted octanol–water partition coefficient (Wildman–Crippen LogP) is 5.17. The normalized spacial score (nSPS) is 12.8. The molecule has 0 radical (unpaired) electrons. The van der Waals surface area contributed by atoms with Gasteiger partial charge in [-0.3, -0.25) is 0 Å². The Morgan fingerprint density at radius 1 is 0.895 bits per heavy atom. The molecule has 2 aromatic carbocycles. The summed E-state index contributed by atoms with van der Waals surface area (Å²) < 4.78 is 25.7. The van der Waals surface area contributed by atoms with Gasteiger partial charge >= 0.3 is 0 Å². The Hall–Kier alpha value is -1.96. The van der Waals surface area contributed by atoms with Crippen molar-refractivity contribution in [3.8, 4) is 0 Å². The van der Waals surface area contributed by atoms with Gasteiger partial charge in [0.25, 0.3) is 0 Å². The average Bonchev–Trinajstić information content (AvgIpc) is 2.43. The first-order valence-corrected chi connectivity index (χ1v) is 6.38. The van der Waals surface area contributed by atoms with E-state index in [4.69, 9.17) is 0 Å². The van der Waals surface area contributed by atoms with Crippen LogP contribution in [0.25, 0.3) is 6.08 Å². The van der Waals surface area contributed by atoms with Crippen LogP contribution in [0.15, 0.2) is 54.6 Å². The van der Waals surface area contributed by atoms with E-state index in [9.17, 15) is 8.78 Å². The van der Waals surface area contributed by atoms with Gasteiger partial charge in [-0.05, 0) is 41.8 Å². The van der Waals surface area contributed by atoms with E-state index < -0.39 is 0 Å². The molecule has 0 saturated carbocycles. The van der Waals surface area contributed by atoms with Crippen molar-refractivity contribution in [2.24, 2.45) is 0 Å². The van der Waals surface area contributed by atoms with Crippen molar-refractivity contribution >= 4 is 6.08 Å². The highest BCUT2D eigenvalue weighted by Crippen LogP contribution is 2.22. The number of hydrogen-bond donors (Lipinski definition) is 0. The van der Waals surface area contributed by atoms with Gasteiger partial charge in [-0.25, -0.2) is 8.78 Å². The minimum Gasteiger partial charge on any atom is -0.207 e. The van der Waals surface area contributed by atoms with E-state index in [1.807, 2.05) is 6.08 Å². The molecule has 0 nitrogen and oxygen atoms in total. The fraction of sp³-hybridized carbons (Fsp3) is 0.176. The van der Waals surface area contributed by atoms with Crippen molar-refractivity contribution in [2.45, 2.75) is 19.3 Å². The second kappa shape index (κ2) is 6.28. The molecule has 0 aliphatic rings. The quantitative estimate of drug-likeness (QED) is 0.709. The molecule has 0 bridgehead atoms. The molecule has 2 heteroatoms.